The fraction of sp³-hybridized carbons (Fsp3) is 0.750. The van der Waals surface area contributed by atoms with Crippen LogP contribution in [0.4, 0.5) is 0 Å². The molecule has 0 amide bonds. The lowest BCUT2D eigenvalue weighted by atomic mass is 10.4. The molecular weight excluding hydrogens is 152 g/mol. The third-order valence-electron chi connectivity index (χ3n) is 1.42. The summed E-state index contributed by atoms with van der Waals surface area (Å²) in [5.41, 5.74) is 2.33. The summed E-state index contributed by atoms with van der Waals surface area (Å²) in [4.78, 5) is 5.58. The molecule has 0 aromatic heterocycles. The van der Waals surface area contributed by atoms with Gasteiger partial charge in [0.2, 0.25) is 0 Å². The Labute approximate surface area is 72.6 Å². The predicted octanol–water partition coefficient (Wildman–Crippen LogP) is 0.145. The highest BCUT2D eigenvalue weighted by atomic mass is 28.2. The first kappa shape index (κ1) is 10.9. The second-order valence-electron chi connectivity index (χ2n) is 2.87. The van der Waals surface area contributed by atoms with Crippen molar-refractivity contribution in [2.24, 2.45) is 0 Å². The van der Waals surface area contributed by atoms with Crippen molar-refractivity contribution in [3.8, 4) is 0 Å². The Morgan fingerprint density at radius 2 is 2.18 bits per heavy atom. The Kier molecular flexibility index (Phi) is 7.89. The second-order valence-corrected chi connectivity index (χ2v) is 4.25. The number of nitrogens with one attached hydrogen (secondary N) is 1. The van der Waals surface area contributed by atoms with Crippen molar-refractivity contribution in [3.05, 3.63) is 11.8 Å². The van der Waals surface area contributed by atoms with Crippen LogP contribution in [0.3, 0.4) is 0 Å². The van der Waals surface area contributed by atoms with Gasteiger partial charge in [0, 0.05) is 6.54 Å². The Balaban J connectivity index is 3.03. The molecule has 1 N–H and O–H groups in total. The molecule has 0 rings (SSSR count). The minimum atomic E-state index is -0.0827. The van der Waals surface area contributed by atoms with Gasteiger partial charge in [-0.05, 0) is 27.1 Å². The van der Waals surface area contributed by atoms with Crippen LogP contribution >= 0.6 is 0 Å². The first-order valence-electron chi connectivity index (χ1n) is 4.27. The second kappa shape index (κ2) is 7.98. The first-order valence-corrected chi connectivity index (χ1v) is 5.80. The predicted molar refractivity (Wildman–Crippen MR) is 54.5 cm³/mol. The lowest BCUT2D eigenvalue weighted by Gasteiger charge is -2.05. The van der Waals surface area contributed by atoms with E-state index in [-0.39, 0.29) is 9.68 Å². The van der Waals surface area contributed by atoms with Crippen LogP contribution in [0.5, 0.6) is 0 Å². The minimum absolute atomic E-state index is 0.0827. The van der Waals surface area contributed by atoms with Gasteiger partial charge in [0.25, 0.3) is 0 Å². The van der Waals surface area contributed by atoms with Gasteiger partial charge in [-0.1, -0.05) is 18.7 Å². The van der Waals surface area contributed by atoms with E-state index in [9.17, 15) is 0 Å². The van der Waals surface area contributed by atoms with Gasteiger partial charge in [0.15, 0.2) is 0 Å². The van der Waals surface area contributed by atoms with Crippen LogP contribution in [0.15, 0.2) is 11.8 Å². The van der Waals surface area contributed by atoms with Crippen molar-refractivity contribution in [2.45, 2.75) is 13.3 Å². The third-order valence-corrected chi connectivity index (χ3v) is 2.78. The molecule has 0 fully saturated rings. The molecule has 3 heteroatoms. The fourth-order valence-electron chi connectivity index (χ4n) is 0.762. The summed E-state index contributed by atoms with van der Waals surface area (Å²) in [5.74, 6) is 0. The van der Waals surface area contributed by atoms with Crippen molar-refractivity contribution in [1.82, 2.24) is 9.88 Å². The summed E-state index contributed by atoms with van der Waals surface area (Å²) in [6.45, 7) is 4.43. The molecule has 0 aromatic rings. The maximum atomic E-state index is 3.37. The van der Waals surface area contributed by atoms with E-state index < -0.39 is 0 Å². The molecule has 0 heterocycles. The molecule has 0 aliphatic rings. The third kappa shape index (κ3) is 9.88. The van der Waals surface area contributed by atoms with Crippen LogP contribution in [-0.4, -0.2) is 41.8 Å². The maximum Gasteiger partial charge on any atom is 0.116 e. The summed E-state index contributed by atoms with van der Waals surface area (Å²) >= 11 is 0. The van der Waals surface area contributed by atoms with Crippen LogP contribution in [-0.2, 0) is 0 Å². The van der Waals surface area contributed by atoms with E-state index in [0.29, 0.717) is 0 Å². The van der Waals surface area contributed by atoms with Crippen molar-refractivity contribution in [3.63, 3.8) is 0 Å². The molecule has 0 radical (unpaired) electrons. The summed E-state index contributed by atoms with van der Waals surface area (Å²) in [7, 11) is 4.13. The molecular formula is C8H20N2Si. The number of hydrogen-bond acceptors (Lipinski definition) is 2. The molecule has 0 saturated heterocycles. The molecule has 0 spiro atoms. The van der Waals surface area contributed by atoms with Crippen molar-refractivity contribution in [2.75, 3.05) is 27.2 Å². The van der Waals surface area contributed by atoms with E-state index in [4.69, 9.17) is 0 Å². The fourth-order valence-corrected chi connectivity index (χ4v) is 1.62. The van der Waals surface area contributed by atoms with Gasteiger partial charge in [-0.15, -0.1) is 0 Å². The molecule has 0 aromatic carbocycles. The average molecular weight is 172 g/mol. The van der Waals surface area contributed by atoms with Crippen LogP contribution in [0.1, 0.15) is 13.3 Å². The van der Waals surface area contributed by atoms with Crippen LogP contribution < -0.4 is 4.98 Å². The molecule has 0 saturated carbocycles. The quantitative estimate of drug-likeness (QED) is 0.453. The van der Waals surface area contributed by atoms with E-state index in [1.807, 2.05) is 0 Å². The van der Waals surface area contributed by atoms with Gasteiger partial charge in [-0.3, -0.25) is 0 Å². The summed E-state index contributed by atoms with van der Waals surface area (Å²) in [6, 6.07) is 0. The van der Waals surface area contributed by atoms with Crippen LogP contribution in [0, 0.1) is 0 Å². The number of nitrogens with zero attached hydrogens (tertiary/aromatic N) is 1. The van der Waals surface area contributed by atoms with Gasteiger partial charge in [0.05, 0.1) is 0 Å². The van der Waals surface area contributed by atoms with Gasteiger partial charge >= 0.3 is 0 Å². The lowest BCUT2D eigenvalue weighted by molar-refractivity contribution is 0.417. The highest BCUT2D eigenvalue weighted by molar-refractivity contribution is 6.38. The summed E-state index contributed by atoms with van der Waals surface area (Å²) < 4.78 is 0. The number of hydrogen-bond donors (Lipinski definition) is 1. The van der Waals surface area contributed by atoms with Gasteiger partial charge in [-0.2, -0.15) is 0 Å². The Hall–Kier alpha value is -0.123. The SMILES string of the molecule is CCN[SiH2]C=CCCN(C)C. The van der Waals surface area contributed by atoms with Gasteiger partial charge in [-0.25, -0.2) is 0 Å². The highest BCUT2D eigenvalue weighted by Crippen LogP contribution is 1.83. The zero-order valence-corrected chi connectivity index (χ0v) is 9.34. The van der Waals surface area contributed by atoms with Crippen LogP contribution in [0.2, 0.25) is 0 Å². The smallest absolute Gasteiger partial charge is 0.116 e. The highest BCUT2D eigenvalue weighted by Gasteiger charge is 1.84. The average Bonchev–Trinajstić information content (AvgIpc) is 1.96. The monoisotopic (exact) mass is 172 g/mol. The van der Waals surface area contributed by atoms with E-state index in [1.165, 1.54) is 6.42 Å². The molecule has 0 aliphatic carbocycles. The van der Waals surface area contributed by atoms with Crippen molar-refractivity contribution < 1.29 is 0 Å². The van der Waals surface area contributed by atoms with E-state index in [2.05, 4.69) is 42.7 Å². The summed E-state index contributed by atoms with van der Waals surface area (Å²) in [5, 5.41) is 0. The Morgan fingerprint density at radius 3 is 2.73 bits per heavy atom. The molecule has 0 unspecified atom stereocenters. The zero-order chi connectivity index (χ0) is 8.53. The molecule has 0 bridgehead atoms. The van der Waals surface area contributed by atoms with E-state index in [1.54, 1.807) is 0 Å². The maximum absolute atomic E-state index is 3.37. The topological polar surface area (TPSA) is 15.3 Å². The standard InChI is InChI=1S/C8H20N2Si/c1-4-9-11-8-6-5-7-10(2)3/h6,8-9H,4-5,7,11H2,1-3H3. The van der Waals surface area contributed by atoms with Crippen LogP contribution in [0.25, 0.3) is 0 Å². The Morgan fingerprint density at radius 1 is 1.45 bits per heavy atom. The molecule has 2 nitrogen and oxygen atoms in total. The first-order chi connectivity index (χ1) is 5.27. The van der Waals surface area contributed by atoms with Crippen molar-refractivity contribution in [1.29, 1.82) is 0 Å². The lowest BCUT2D eigenvalue weighted by Crippen LogP contribution is -2.16. The molecule has 66 valence electrons. The van der Waals surface area contributed by atoms with E-state index >= 15 is 0 Å². The zero-order valence-electron chi connectivity index (χ0n) is 7.93. The number of rotatable bonds is 6. The summed E-state index contributed by atoms with van der Waals surface area (Å²) in [6.07, 6.45) is 3.47. The molecule has 0 atom stereocenters. The largest absolute Gasteiger partial charge is 0.339 e. The normalized spacial score (nSPS) is 12.7. The van der Waals surface area contributed by atoms with Crippen molar-refractivity contribution >= 4 is 9.68 Å². The molecule has 0 aliphatic heterocycles. The Bertz CT molecular complexity index is 102. The van der Waals surface area contributed by atoms with E-state index in [0.717, 1.165) is 13.1 Å². The van der Waals surface area contributed by atoms with Gasteiger partial charge in [0.1, 0.15) is 9.68 Å². The minimum Gasteiger partial charge on any atom is -0.339 e. The molecule has 11 heavy (non-hydrogen) atoms. The van der Waals surface area contributed by atoms with Gasteiger partial charge < -0.3 is 9.88 Å².